The normalized spacial score (nSPS) is 20.5. The van der Waals surface area contributed by atoms with E-state index in [1.807, 2.05) is 0 Å². The van der Waals surface area contributed by atoms with Gasteiger partial charge in [-0.1, -0.05) is 13.0 Å². The first kappa shape index (κ1) is 8.47. The van der Waals surface area contributed by atoms with Crippen LogP contribution in [0.5, 0.6) is 0 Å². The summed E-state index contributed by atoms with van der Waals surface area (Å²) in [5.74, 6) is 0.341. The second-order valence-electron chi connectivity index (χ2n) is 3.15. The third kappa shape index (κ3) is 1.36. The van der Waals surface area contributed by atoms with Gasteiger partial charge in [0.25, 0.3) is 0 Å². The van der Waals surface area contributed by atoms with Crippen molar-refractivity contribution >= 4 is 5.78 Å². The fraction of sp³-hybridized carbons (Fsp3) is 0.667. The molecule has 11 heavy (non-hydrogen) atoms. The summed E-state index contributed by atoms with van der Waals surface area (Å²) in [5.41, 5.74) is -0.0474. The average molecular weight is 153 g/mol. The van der Waals surface area contributed by atoms with E-state index in [0.29, 0.717) is 12.2 Å². The molecule has 0 atom stereocenters. The summed E-state index contributed by atoms with van der Waals surface area (Å²) < 4.78 is 0. The molecule has 0 aromatic heterocycles. The van der Waals surface area contributed by atoms with Crippen molar-refractivity contribution in [2.45, 2.75) is 19.8 Å². The van der Waals surface area contributed by atoms with E-state index in [1.165, 1.54) is 0 Å². The van der Waals surface area contributed by atoms with Crippen LogP contribution >= 0.6 is 0 Å². The molecule has 0 radical (unpaired) electrons. The van der Waals surface area contributed by atoms with E-state index >= 15 is 0 Å². The van der Waals surface area contributed by atoms with Crippen LogP contribution in [0.2, 0.25) is 0 Å². The van der Waals surface area contributed by atoms with Crippen LogP contribution in [0.15, 0.2) is 12.7 Å². The monoisotopic (exact) mass is 153 g/mol. The number of hydrogen-bond donors (Lipinski definition) is 1. The van der Waals surface area contributed by atoms with Crippen LogP contribution in [-0.4, -0.2) is 18.9 Å². The van der Waals surface area contributed by atoms with Crippen LogP contribution in [0.3, 0.4) is 0 Å². The smallest absolute Gasteiger partial charge is 0.145 e. The maximum Gasteiger partial charge on any atom is 0.145 e. The Morgan fingerprint density at radius 1 is 1.73 bits per heavy atom. The van der Waals surface area contributed by atoms with E-state index in [-0.39, 0.29) is 5.41 Å². The number of rotatable bonds is 4. The van der Waals surface area contributed by atoms with Crippen LogP contribution in [0, 0.1) is 5.41 Å². The molecule has 1 fully saturated rings. The molecule has 0 spiro atoms. The molecular weight excluding hydrogens is 138 g/mol. The van der Waals surface area contributed by atoms with Crippen molar-refractivity contribution in [2.75, 3.05) is 13.1 Å². The highest BCUT2D eigenvalue weighted by Gasteiger charge is 2.40. The van der Waals surface area contributed by atoms with Crippen LogP contribution < -0.4 is 5.32 Å². The van der Waals surface area contributed by atoms with E-state index < -0.39 is 0 Å². The van der Waals surface area contributed by atoms with Gasteiger partial charge in [-0.25, -0.2) is 0 Å². The molecule has 1 N–H and O–H groups in total. The second-order valence-corrected chi connectivity index (χ2v) is 3.15. The molecule has 1 aliphatic heterocycles. The van der Waals surface area contributed by atoms with Crippen LogP contribution in [0.1, 0.15) is 19.8 Å². The molecule has 0 bridgehead atoms. The van der Waals surface area contributed by atoms with Gasteiger partial charge in [0.05, 0.1) is 5.41 Å². The van der Waals surface area contributed by atoms with E-state index in [1.54, 1.807) is 6.08 Å². The summed E-state index contributed by atoms with van der Waals surface area (Å²) >= 11 is 0. The largest absolute Gasteiger partial charge is 0.315 e. The maximum absolute atomic E-state index is 11.5. The summed E-state index contributed by atoms with van der Waals surface area (Å²) in [6.45, 7) is 7.35. The van der Waals surface area contributed by atoms with Gasteiger partial charge in [0, 0.05) is 19.5 Å². The molecule has 0 amide bonds. The Morgan fingerprint density at radius 2 is 2.36 bits per heavy atom. The molecule has 0 unspecified atom stereocenters. The maximum atomic E-state index is 11.5. The zero-order valence-corrected chi connectivity index (χ0v) is 7.02. The van der Waals surface area contributed by atoms with Gasteiger partial charge in [-0.3, -0.25) is 4.79 Å². The van der Waals surface area contributed by atoms with Crippen LogP contribution in [0.4, 0.5) is 0 Å². The molecule has 0 aliphatic carbocycles. The highest BCUT2D eigenvalue weighted by atomic mass is 16.1. The Balaban J connectivity index is 2.54. The van der Waals surface area contributed by atoms with E-state index in [2.05, 4.69) is 18.8 Å². The molecule has 1 rings (SSSR count). The fourth-order valence-corrected chi connectivity index (χ4v) is 1.42. The van der Waals surface area contributed by atoms with Crippen molar-refractivity contribution in [1.29, 1.82) is 0 Å². The summed E-state index contributed by atoms with van der Waals surface area (Å²) in [6.07, 6.45) is 3.17. The lowest BCUT2D eigenvalue weighted by Crippen LogP contribution is -2.57. The predicted molar refractivity (Wildman–Crippen MR) is 45.4 cm³/mol. The molecule has 62 valence electrons. The lowest BCUT2D eigenvalue weighted by atomic mass is 9.74. The standard InChI is InChI=1S/C9H15NO/c1-3-5-8(11)9(4-2)6-10-7-9/h3,10H,1,4-7H2,2H3. The Hall–Kier alpha value is -0.630. The SMILES string of the molecule is C=CCC(=O)C1(CC)CNC1. The van der Waals surface area contributed by atoms with Gasteiger partial charge in [-0.2, -0.15) is 0 Å². The van der Waals surface area contributed by atoms with Gasteiger partial charge >= 0.3 is 0 Å². The van der Waals surface area contributed by atoms with Crippen molar-refractivity contribution in [3.05, 3.63) is 12.7 Å². The molecule has 1 aliphatic rings. The number of carbonyl (C=O) groups is 1. The van der Waals surface area contributed by atoms with Gasteiger partial charge in [0.15, 0.2) is 0 Å². The summed E-state index contributed by atoms with van der Waals surface area (Å²) in [7, 11) is 0. The second kappa shape index (κ2) is 3.18. The number of carbonyl (C=O) groups excluding carboxylic acids is 1. The lowest BCUT2D eigenvalue weighted by molar-refractivity contribution is -0.130. The van der Waals surface area contributed by atoms with Crippen molar-refractivity contribution in [3.8, 4) is 0 Å². The number of ketones is 1. The minimum atomic E-state index is -0.0474. The van der Waals surface area contributed by atoms with E-state index in [4.69, 9.17) is 0 Å². The molecule has 1 heterocycles. The Kier molecular flexibility index (Phi) is 2.45. The van der Waals surface area contributed by atoms with Gasteiger partial charge in [0.2, 0.25) is 0 Å². The molecule has 1 saturated heterocycles. The van der Waals surface area contributed by atoms with Gasteiger partial charge in [-0.05, 0) is 6.42 Å². The zero-order chi connectivity index (χ0) is 8.32. The molecule has 2 nitrogen and oxygen atoms in total. The minimum Gasteiger partial charge on any atom is -0.315 e. The highest BCUT2D eigenvalue weighted by Crippen LogP contribution is 2.28. The van der Waals surface area contributed by atoms with Gasteiger partial charge < -0.3 is 5.32 Å². The average Bonchev–Trinajstić information content (AvgIpc) is 1.87. The van der Waals surface area contributed by atoms with Crippen molar-refractivity contribution < 1.29 is 4.79 Å². The van der Waals surface area contributed by atoms with E-state index in [9.17, 15) is 4.79 Å². The zero-order valence-electron chi connectivity index (χ0n) is 7.02. The quantitative estimate of drug-likeness (QED) is 0.613. The van der Waals surface area contributed by atoms with Crippen molar-refractivity contribution in [2.24, 2.45) is 5.41 Å². The number of nitrogens with one attached hydrogen (secondary N) is 1. The molecular formula is C9H15NO. The number of allylic oxidation sites excluding steroid dienone is 1. The van der Waals surface area contributed by atoms with Crippen molar-refractivity contribution in [3.63, 3.8) is 0 Å². The number of hydrogen-bond acceptors (Lipinski definition) is 2. The van der Waals surface area contributed by atoms with E-state index in [0.717, 1.165) is 19.5 Å². The topological polar surface area (TPSA) is 29.1 Å². The minimum absolute atomic E-state index is 0.0474. The molecule has 0 saturated carbocycles. The summed E-state index contributed by atoms with van der Waals surface area (Å²) in [5, 5.41) is 3.14. The molecule has 2 heteroatoms. The first-order valence-corrected chi connectivity index (χ1v) is 4.10. The predicted octanol–water partition coefficient (Wildman–Crippen LogP) is 1.13. The highest BCUT2D eigenvalue weighted by molar-refractivity contribution is 5.87. The molecule has 0 aromatic rings. The van der Waals surface area contributed by atoms with Crippen LogP contribution in [0.25, 0.3) is 0 Å². The molecule has 0 aromatic carbocycles. The fourth-order valence-electron chi connectivity index (χ4n) is 1.42. The van der Waals surface area contributed by atoms with Gasteiger partial charge in [-0.15, -0.1) is 6.58 Å². The first-order valence-electron chi connectivity index (χ1n) is 4.10. The number of Topliss-reactive ketones (excluding diaryl/α,β-unsaturated/α-hetero) is 1. The third-order valence-corrected chi connectivity index (χ3v) is 2.52. The Bertz CT molecular complexity index is 165. The first-order chi connectivity index (χ1) is 5.25. The Labute approximate surface area is 67.7 Å². The van der Waals surface area contributed by atoms with Crippen LogP contribution in [-0.2, 0) is 4.79 Å². The summed E-state index contributed by atoms with van der Waals surface area (Å²) in [4.78, 5) is 11.5. The Morgan fingerprint density at radius 3 is 2.64 bits per heavy atom. The van der Waals surface area contributed by atoms with Crippen molar-refractivity contribution in [1.82, 2.24) is 5.32 Å². The lowest BCUT2D eigenvalue weighted by Gasteiger charge is -2.40. The van der Waals surface area contributed by atoms with Gasteiger partial charge in [0.1, 0.15) is 5.78 Å². The third-order valence-electron chi connectivity index (χ3n) is 2.52. The summed E-state index contributed by atoms with van der Waals surface area (Å²) in [6, 6.07) is 0.